The first-order chi connectivity index (χ1) is 9.69. The maximum Gasteiger partial charge on any atom is 0.227 e. The number of nitrogens with one attached hydrogen (secondary N) is 1. The minimum Gasteiger partial charge on any atom is -0.339 e. The summed E-state index contributed by atoms with van der Waals surface area (Å²) in [6, 6.07) is 8.17. The van der Waals surface area contributed by atoms with Crippen molar-refractivity contribution < 1.29 is 4.52 Å². The highest BCUT2D eigenvalue weighted by molar-refractivity contribution is 7.99. The quantitative estimate of drug-likeness (QED) is 0.775. The number of rotatable bonds is 7. The Hall–Kier alpha value is -0.750. The van der Waals surface area contributed by atoms with Gasteiger partial charge in [0.05, 0.1) is 5.02 Å². The summed E-state index contributed by atoms with van der Waals surface area (Å²) >= 11 is 7.80. The summed E-state index contributed by atoms with van der Waals surface area (Å²) in [6.07, 6.45) is 1.52. The summed E-state index contributed by atoms with van der Waals surface area (Å²) in [7, 11) is 1.92. The van der Waals surface area contributed by atoms with Crippen molar-refractivity contribution in [3.05, 3.63) is 41.0 Å². The van der Waals surface area contributed by atoms with E-state index >= 15 is 0 Å². The van der Waals surface area contributed by atoms with Crippen LogP contribution in [0.2, 0.25) is 5.02 Å². The molecular weight excluding hydrogens is 329 g/mol. The number of likely N-dealkylation sites (N-methyl/N-ethyl adjacent to an activating group) is 1. The third-order valence-electron chi connectivity index (χ3n) is 2.90. The van der Waals surface area contributed by atoms with Crippen LogP contribution in [0.4, 0.5) is 0 Å². The number of aromatic nitrogens is 2. The molecule has 0 aliphatic heterocycles. The van der Waals surface area contributed by atoms with Crippen molar-refractivity contribution in [3.63, 3.8) is 0 Å². The molecule has 1 aromatic carbocycles. The number of thioether (sulfide) groups is 1. The Labute approximate surface area is 140 Å². The van der Waals surface area contributed by atoms with Crippen LogP contribution in [0.3, 0.4) is 0 Å². The number of benzene rings is 1. The van der Waals surface area contributed by atoms with Crippen molar-refractivity contribution in [2.75, 3.05) is 12.8 Å². The molecule has 1 N–H and O–H groups in total. The molecule has 4 nitrogen and oxygen atoms in total. The zero-order chi connectivity index (χ0) is 14.4. The number of hydrogen-bond donors (Lipinski definition) is 1. The molecule has 0 saturated heterocycles. The lowest BCUT2D eigenvalue weighted by Crippen LogP contribution is -2.24. The second-order valence-corrected chi connectivity index (χ2v) is 6.07. The molecule has 0 aliphatic rings. The van der Waals surface area contributed by atoms with Gasteiger partial charge in [-0.05, 0) is 26.1 Å². The molecule has 0 fully saturated rings. The fraction of sp³-hybridized carbons (Fsp3) is 0.429. The lowest BCUT2D eigenvalue weighted by Gasteiger charge is -2.04. The summed E-state index contributed by atoms with van der Waals surface area (Å²) < 4.78 is 5.24. The van der Waals surface area contributed by atoms with Gasteiger partial charge in [0, 0.05) is 29.5 Å². The van der Waals surface area contributed by atoms with Crippen LogP contribution in [0.1, 0.15) is 18.6 Å². The van der Waals surface area contributed by atoms with Crippen molar-refractivity contribution in [1.82, 2.24) is 15.5 Å². The first-order valence-electron chi connectivity index (χ1n) is 6.55. The molecule has 2 aromatic rings. The van der Waals surface area contributed by atoms with E-state index in [2.05, 4.69) is 22.4 Å². The summed E-state index contributed by atoms with van der Waals surface area (Å²) in [5.74, 6) is 2.31. The van der Waals surface area contributed by atoms with Crippen LogP contribution in [0.15, 0.2) is 33.7 Å². The summed E-state index contributed by atoms with van der Waals surface area (Å²) in [4.78, 5) is 5.47. The first-order valence-corrected chi connectivity index (χ1v) is 7.91. The molecule has 7 heteroatoms. The molecule has 0 amide bonds. The molecule has 116 valence electrons. The van der Waals surface area contributed by atoms with Gasteiger partial charge in [-0.25, -0.2) is 0 Å². The van der Waals surface area contributed by atoms with Gasteiger partial charge in [0.25, 0.3) is 0 Å². The number of aryl methyl sites for hydroxylation is 1. The van der Waals surface area contributed by atoms with Crippen LogP contribution in [0.25, 0.3) is 0 Å². The maximum atomic E-state index is 6.10. The largest absolute Gasteiger partial charge is 0.339 e. The van der Waals surface area contributed by atoms with E-state index in [4.69, 9.17) is 16.1 Å². The zero-order valence-electron chi connectivity index (χ0n) is 12.0. The molecule has 0 spiro atoms. The highest BCUT2D eigenvalue weighted by Gasteiger charge is 2.09. The molecule has 0 saturated carbocycles. The average Bonchev–Trinajstić information content (AvgIpc) is 2.88. The summed E-state index contributed by atoms with van der Waals surface area (Å²) in [5.41, 5.74) is 0. The standard InChI is InChI=1S/C14H18ClN3OS.ClH/c1-10(16-2)9-13-17-14(19-18-13)7-8-20-12-6-4-3-5-11(12)15;/h3-6,10,16H,7-9H2,1-2H3;1H. The monoisotopic (exact) mass is 347 g/mol. The Morgan fingerprint density at radius 2 is 2.14 bits per heavy atom. The Kier molecular flexibility index (Phi) is 8.11. The fourth-order valence-corrected chi connectivity index (χ4v) is 2.84. The smallest absolute Gasteiger partial charge is 0.227 e. The Bertz CT molecular complexity index is 551. The van der Waals surface area contributed by atoms with Crippen molar-refractivity contribution in [1.29, 1.82) is 0 Å². The topological polar surface area (TPSA) is 51.0 Å². The summed E-state index contributed by atoms with van der Waals surface area (Å²) in [6.45, 7) is 2.09. The normalized spacial score (nSPS) is 12.0. The van der Waals surface area contributed by atoms with Crippen LogP contribution in [-0.2, 0) is 12.8 Å². The van der Waals surface area contributed by atoms with Gasteiger partial charge in [-0.3, -0.25) is 0 Å². The number of hydrogen-bond acceptors (Lipinski definition) is 5. The molecule has 1 unspecified atom stereocenters. The molecular formula is C14H19Cl2N3OS. The molecule has 0 radical (unpaired) electrons. The summed E-state index contributed by atoms with van der Waals surface area (Å²) in [5, 5.41) is 7.92. The minimum atomic E-state index is 0. The molecule has 1 atom stereocenters. The third kappa shape index (κ3) is 5.87. The van der Waals surface area contributed by atoms with Gasteiger partial charge in [0.1, 0.15) is 0 Å². The van der Waals surface area contributed by atoms with Crippen molar-refractivity contribution in [3.8, 4) is 0 Å². The van der Waals surface area contributed by atoms with E-state index in [0.717, 1.165) is 34.3 Å². The van der Waals surface area contributed by atoms with Crippen LogP contribution in [-0.4, -0.2) is 29.0 Å². The minimum absolute atomic E-state index is 0. The highest BCUT2D eigenvalue weighted by Crippen LogP contribution is 2.26. The lowest BCUT2D eigenvalue weighted by molar-refractivity contribution is 0.375. The van der Waals surface area contributed by atoms with E-state index in [1.54, 1.807) is 11.8 Å². The van der Waals surface area contributed by atoms with Crippen molar-refractivity contribution in [2.45, 2.75) is 30.7 Å². The second kappa shape index (κ2) is 9.30. The predicted molar refractivity (Wildman–Crippen MR) is 89.7 cm³/mol. The van der Waals surface area contributed by atoms with Crippen LogP contribution >= 0.6 is 35.8 Å². The second-order valence-electron chi connectivity index (χ2n) is 4.53. The van der Waals surface area contributed by atoms with Gasteiger partial charge < -0.3 is 9.84 Å². The molecule has 0 aliphatic carbocycles. The van der Waals surface area contributed by atoms with Gasteiger partial charge in [-0.15, -0.1) is 24.2 Å². The lowest BCUT2D eigenvalue weighted by atomic mass is 10.2. The van der Waals surface area contributed by atoms with Gasteiger partial charge in [-0.1, -0.05) is 28.9 Å². The molecule has 21 heavy (non-hydrogen) atoms. The predicted octanol–water partition coefficient (Wildman–Crippen LogP) is 3.63. The zero-order valence-corrected chi connectivity index (χ0v) is 14.4. The van der Waals surface area contributed by atoms with Gasteiger partial charge >= 0.3 is 0 Å². The van der Waals surface area contributed by atoms with E-state index in [9.17, 15) is 0 Å². The molecule has 2 rings (SSSR count). The van der Waals surface area contributed by atoms with Crippen molar-refractivity contribution in [2.24, 2.45) is 0 Å². The SMILES string of the molecule is CNC(C)Cc1noc(CCSc2ccccc2Cl)n1.Cl. The van der Waals surface area contributed by atoms with Crippen LogP contribution in [0.5, 0.6) is 0 Å². The van der Waals surface area contributed by atoms with Crippen molar-refractivity contribution >= 4 is 35.8 Å². The Morgan fingerprint density at radius 3 is 2.86 bits per heavy atom. The Balaban J connectivity index is 0.00000220. The van der Waals surface area contributed by atoms with Gasteiger partial charge in [0.15, 0.2) is 5.82 Å². The van der Waals surface area contributed by atoms with Crippen LogP contribution < -0.4 is 5.32 Å². The van der Waals surface area contributed by atoms with E-state index in [1.165, 1.54) is 0 Å². The number of nitrogens with zero attached hydrogens (tertiary/aromatic N) is 2. The van der Waals surface area contributed by atoms with E-state index in [1.807, 2.05) is 31.3 Å². The van der Waals surface area contributed by atoms with Gasteiger partial charge in [0.2, 0.25) is 5.89 Å². The first kappa shape index (κ1) is 18.3. The van der Waals surface area contributed by atoms with E-state index in [0.29, 0.717) is 11.9 Å². The average molecular weight is 348 g/mol. The van der Waals surface area contributed by atoms with Gasteiger partial charge in [-0.2, -0.15) is 4.98 Å². The fourth-order valence-electron chi connectivity index (χ4n) is 1.66. The molecule has 1 aromatic heterocycles. The van der Waals surface area contributed by atoms with E-state index < -0.39 is 0 Å². The third-order valence-corrected chi connectivity index (χ3v) is 4.42. The Morgan fingerprint density at radius 1 is 1.38 bits per heavy atom. The number of halogens is 2. The van der Waals surface area contributed by atoms with E-state index in [-0.39, 0.29) is 12.4 Å². The molecule has 0 bridgehead atoms. The molecule has 1 heterocycles. The highest BCUT2D eigenvalue weighted by atomic mass is 35.5. The van der Waals surface area contributed by atoms with Crippen LogP contribution in [0, 0.1) is 0 Å². The maximum absolute atomic E-state index is 6.10.